The molecule has 1 atom stereocenters. The highest BCUT2D eigenvalue weighted by Gasteiger charge is 2.29. The Kier molecular flexibility index (Phi) is 1.96. The molecule has 14 heavy (non-hydrogen) atoms. The van der Waals surface area contributed by atoms with Crippen molar-refractivity contribution in [1.29, 1.82) is 0 Å². The van der Waals surface area contributed by atoms with E-state index in [1.165, 1.54) is 0 Å². The van der Waals surface area contributed by atoms with Crippen LogP contribution in [-0.4, -0.2) is 11.1 Å². The number of rotatable bonds is 1. The monoisotopic (exact) mass is 192 g/mol. The lowest BCUT2D eigenvalue weighted by Gasteiger charge is -2.09. The first-order valence-corrected chi connectivity index (χ1v) is 4.18. The van der Waals surface area contributed by atoms with Crippen LogP contribution in [0.1, 0.15) is 11.5 Å². The Labute approximate surface area is 80.4 Å². The van der Waals surface area contributed by atoms with Gasteiger partial charge in [0.05, 0.1) is 11.6 Å². The van der Waals surface area contributed by atoms with Crippen LogP contribution in [0.25, 0.3) is 0 Å². The molecule has 3 nitrogen and oxygen atoms in total. The van der Waals surface area contributed by atoms with Crippen molar-refractivity contribution in [1.82, 2.24) is 0 Å². The van der Waals surface area contributed by atoms with Crippen LogP contribution >= 0.6 is 0 Å². The Bertz CT molecular complexity index is 411. The van der Waals surface area contributed by atoms with E-state index in [-0.39, 0.29) is 5.70 Å². The van der Waals surface area contributed by atoms with Gasteiger partial charge in [-0.15, -0.1) is 0 Å². The Morgan fingerprint density at radius 3 is 2.43 bits per heavy atom. The zero-order valence-corrected chi connectivity index (χ0v) is 7.31. The van der Waals surface area contributed by atoms with Crippen LogP contribution < -0.4 is 5.73 Å². The van der Waals surface area contributed by atoms with E-state index in [9.17, 15) is 4.39 Å². The fourth-order valence-corrected chi connectivity index (χ4v) is 1.45. The summed E-state index contributed by atoms with van der Waals surface area (Å²) >= 11 is 0. The van der Waals surface area contributed by atoms with Gasteiger partial charge < -0.3 is 10.8 Å². The molecule has 1 unspecified atom stereocenters. The first-order chi connectivity index (χ1) is 6.70. The summed E-state index contributed by atoms with van der Waals surface area (Å²) < 4.78 is 13.2. The number of nitrogens with two attached hydrogens (primary N) is 1. The van der Waals surface area contributed by atoms with Crippen LogP contribution in [0, 0.1) is 0 Å². The van der Waals surface area contributed by atoms with Crippen molar-refractivity contribution < 1.29 is 9.50 Å². The summed E-state index contributed by atoms with van der Waals surface area (Å²) in [5.41, 5.74) is 6.27. The minimum atomic E-state index is -0.726. The summed E-state index contributed by atoms with van der Waals surface area (Å²) in [7, 11) is 0. The first kappa shape index (κ1) is 8.74. The molecular weight excluding hydrogens is 183 g/mol. The minimum Gasteiger partial charge on any atom is -0.492 e. The molecule has 0 aromatic heterocycles. The van der Waals surface area contributed by atoms with Gasteiger partial charge >= 0.3 is 0 Å². The van der Waals surface area contributed by atoms with E-state index in [1.807, 2.05) is 6.07 Å². The van der Waals surface area contributed by atoms with E-state index in [1.54, 1.807) is 24.3 Å². The van der Waals surface area contributed by atoms with Gasteiger partial charge in [-0.25, -0.2) is 0 Å². The van der Waals surface area contributed by atoms with E-state index in [0.717, 1.165) is 0 Å². The van der Waals surface area contributed by atoms with Gasteiger partial charge in [0, 0.05) is 0 Å². The third-order valence-corrected chi connectivity index (χ3v) is 2.15. The van der Waals surface area contributed by atoms with Crippen molar-refractivity contribution in [3.63, 3.8) is 0 Å². The summed E-state index contributed by atoms with van der Waals surface area (Å²) in [5.74, 6) is -1.81. The number of benzene rings is 1. The average Bonchev–Trinajstić information content (AvgIpc) is 2.43. The number of hydrogen-bond donors (Lipinski definition) is 2. The highest BCUT2D eigenvalue weighted by atomic mass is 19.1. The van der Waals surface area contributed by atoms with Crippen LogP contribution in [0.4, 0.5) is 4.39 Å². The van der Waals surface area contributed by atoms with Gasteiger partial charge in [0.15, 0.2) is 0 Å². The number of aliphatic imine (C=N–C) groups is 1. The fraction of sp³-hybridized carbons (Fsp3) is 0.100. The van der Waals surface area contributed by atoms with E-state index < -0.39 is 17.8 Å². The Morgan fingerprint density at radius 1 is 1.29 bits per heavy atom. The molecular formula is C10H9FN2O. The van der Waals surface area contributed by atoms with Gasteiger partial charge in [-0.2, -0.15) is 9.38 Å². The number of halogens is 1. The molecule has 0 saturated carbocycles. The lowest BCUT2D eigenvalue weighted by atomic mass is 9.98. The number of aliphatic hydroxyl groups excluding tert-OH is 1. The van der Waals surface area contributed by atoms with Crippen LogP contribution in [0.5, 0.6) is 0 Å². The van der Waals surface area contributed by atoms with E-state index in [0.29, 0.717) is 5.56 Å². The fourth-order valence-electron chi connectivity index (χ4n) is 1.45. The normalized spacial score (nSPS) is 21.2. The van der Waals surface area contributed by atoms with Gasteiger partial charge in [-0.05, 0) is 5.56 Å². The topological polar surface area (TPSA) is 58.6 Å². The molecule has 4 heteroatoms. The van der Waals surface area contributed by atoms with Crippen molar-refractivity contribution in [2.45, 2.75) is 5.92 Å². The van der Waals surface area contributed by atoms with E-state index in [2.05, 4.69) is 4.99 Å². The number of nitrogens with zero attached hydrogens (tertiary/aromatic N) is 1. The molecule has 2 rings (SSSR count). The van der Waals surface area contributed by atoms with Gasteiger partial charge in [-0.3, -0.25) is 0 Å². The number of aliphatic hydroxyl groups is 1. The Morgan fingerprint density at radius 2 is 1.93 bits per heavy atom. The third-order valence-electron chi connectivity index (χ3n) is 2.15. The van der Waals surface area contributed by atoms with E-state index >= 15 is 0 Å². The molecule has 0 bridgehead atoms. The van der Waals surface area contributed by atoms with Crippen molar-refractivity contribution in [2.24, 2.45) is 10.7 Å². The smallest absolute Gasteiger partial charge is 0.233 e. The quantitative estimate of drug-likeness (QED) is 0.713. The summed E-state index contributed by atoms with van der Waals surface area (Å²) in [4.78, 5) is 3.29. The highest BCUT2D eigenvalue weighted by Crippen LogP contribution is 2.30. The molecule has 72 valence electrons. The lowest BCUT2D eigenvalue weighted by Crippen LogP contribution is -2.13. The van der Waals surface area contributed by atoms with Crippen molar-refractivity contribution >= 4 is 5.97 Å². The zero-order chi connectivity index (χ0) is 10.1. The maximum Gasteiger partial charge on any atom is 0.233 e. The Hall–Kier alpha value is -1.84. The van der Waals surface area contributed by atoms with Crippen molar-refractivity contribution in [2.75, 3.05) is 0 Å². The summed E-state index contributed by atoms with van der Waals surface area (Å²) in [6.07, 6.45) is 0. The molecule has 0 fully saturated rings. The molecule has 3 N–H and O–H groups in total. The molecule has 0 amide bonds. The van der Waals surface area contributed by atoms with Gasteiger partial charge in [-0.1, -0.05) is 30.3 Å². The predicted octanol–water partition coefficient (Wildman–Crippen LogP) is 1.84. The maximum atomic E-state index is 13.2. The summed E-state index contributed by atoms with van der Waals surface area (Å²) in [6.45, 7) is 0. The predicted molar refractivity (Wildman–Crippen MR) is 51.6 cm³/mol. The van der Waals surface area contributed by atoms with Crippen LogP contribution in [-0.2, 0) is 0 Å². The number of allylic oxidation sites excluding steroid dienone is 1. The molecule has 1 aliphatic heterocycles. The molecule has 0 aliphatic carbocycles. The summed E-state index contributed by atoms with van der Waals surface area (Å²) in [5, 5.41) is 9.13. The molecule has 1 aliphatic rings. The van der Waals surface area contributed by atoms with Gasteiger partial charge in [0.1, 0.15) is 0 Å². The highest BCUT2D eigenvalue weighted by molar-refractivity contribution is 5.89. The average molecular weight is 192 g/mol. The molecule has 0 radical (unpaired) electrons. The standard InChI is InChI=1S/C10H9FN2O/c11-9-7(8(12)10(14)13-9)6-4-2-1-3-5-6/h1-5,7,14H,12H2. The van der Waals surface area contributed by atoms with Crippen LogP contribution in [0.15, 0.2) is 46.9 Å². The third kappa shape index (κ3) is 1.25. The second kappa shape index (κ2) is 3.14. The van der Waals surface area contributed by atoms with Crippen LogP contribution in [0.3, 0.4) is 0 Å². The van der Waals surface area contributed by atoms with Crippen molar-refractivity contribution in [3.05, 3.63) is 47.5 Å². The zero-order valence-electron chi connectivity index (χ0n) is 7.31. The summed E-state index contributed by atoms with van der Waals surface area (Å²) in [6, 6.07) is 8.88. The van der Waals surface area contributed by atoms with Crippen molar-refractivity contribution in [3.8, 4) is 0 Å². The van der Waals surface area contributed by atoms with Crippen LogP contribution in [0.2, 0.25) is 0 Å². The Balaban J connectivity index is 2.43. The molecule has 1 aromatic carbocycles. The minimum absolute atomic E-state index is 0.0636. The second-order valence-corrected chi connectivity index (χ2v) is 3.06. The largest absolute Gasteiger partial charge is 0.492 e. The first-order valence-electron chi connectivity index (χ1n) is 4.18. The molecule has 0 saturated heterocycles. The number of hydrogen-bond acceptors (Lipinski definition) is 3. The van der Waals surface area contributed by atoms with E-state index in [4.69, 9.17) is 10.8 Å². The molecule has 0 spiro atoms. The maximum absolute atomic E-state index is 13.2. The second-order valence-electron chi connectivity index (χ2n) is 3.06. The van der Waals surface area contributed by atoms with Gasteiger partial charge in [0.2, 0.25) is 11.8 Å². The van der Waals surface area contributed by atoms with Gasteiger partial charge in [0.25, 0.3) is 0 Å². The molecule has 1 heterocycles. The molecule has 1 aromatic rings. The lowest BCUT2D eigenvalue weighted by molar-refractivity contribution is 0.401. The SMILES string of the molecule is NC1=C(O)N=C(F)C1c1ccccc1.